The summed E-state index contributed by atoms with van der Waals surface area (Å²) in [6, 6.07) is 16.6. The maximum atomic E-state index is 13.2. The first kappa shape index (κ1) is 22.6. The fraction of sp³-hybridized carbons (Fsp3) is 0.400. The van der Waals surface area contributed by atoms with Crippen LogP contribution in [-0.4, -0.2) is 55.5 Å². The van der Waals surface area contributed by atoms with Gasteiger partial charge in [0.2, 0.25) is 5.91 Å². The van der Waals surface area contributed by atoms with Gasteiger partial charge in [-0.3, -0.25) is 14.5 Å². The first-order valence-corrected chi connectivity index (χ1v) is 11.3. The van der Waals surface area contributed by atoms with Crippen molar-refractivity contribution in [2.75, 3.05) is 31.6 Å². The Balaban J connectivity index is 1.33. The van der Waals surface area contributed by atoms with E-state index in [9.17, 15) is 14.4 Å². The Morgan fingerprint density at radius 1 is 1.09 bits per heavy atom. The number of nitrogens with one attached hydrogen (secondary N) is 2. The average Bonchev–Trinajstić information content (AvgIpc) is 3.10. The van der Waals surface area contributed by atoms with Crippen LogP contribution in [0.3, 0.4) is 0 Å². The quantitative estimate of drug-likeness (QED) is 0.633. The van der Waals surface area contributed by atoms with E-state index < -0.39 is 11.6 Å². The van der Waals surface area contributed by atoms with Crippen LogP contribution in [-0.2, 0) is 15.1 Å². The number of anilines is 1. The smallest absolute Gasteiger partial charge is 0.325 e. The molecule has 8 heteroatoms. The molecule has 4 amide bonds. The third kappa shape index (κ3) is 4.51. The molecule has 0 radical (unpaired) electrons. The molecule has 2 fully saturated rings. The minimum atomic E-state index is -1.12. The number of imide groups is 1. The topological polar surface area (TPSA) is 91.0 Å². The van der Waals surface area contributed by atoms with Crippen LogP contribution in [0.15, 0.2) is 54.6 Å². The molecule has 0 spiro atoms. The van der Waals surface area contributed by atoms with Gasteiger partial charge in [0, 0.05) is 24.8 Å². The summed E-state index contributed by atoms with van der Waals surface area (Å²) >= 11 is 0. The van der Waals surface area contributed by atoms with Gasteiger partial charge in [-0.1, -0.05) is 37.3 Å². The minimum Gasteiger partial charge on any atom is -0.497 e. The molecule has 33 heavy (non-hydrogen) atoms. The van der Waals surface area contributed by atoms with Crippen molar-refractivity contribution in [3.63, 3.8) is 0 Å². The molecule has 2 N–H and O–H groups in total. The molecule has 174 valence electrons. The lowest BCUT2D eigenvalue weighted by Gasteiger charge is -2.34. The van der Waals surface area contributed by atoms with Gasteiger partial charge in [0.25, 0.3) is 5.91 Å². The van der Waals surface area contributed by atoms with E-state index in [4.69, 9.17) is 4.74 Å². The maximum Gasteiger partial charge on any atom is 0.325 e. The van der Waals surface area contributed by atoms with E-state index in [2.05, 4.69) is 15.5 Å². The molecule has 2 aromatic carbocycles. The summed E-state index contributed by atoms with van der Waals surface area (Å²) in [7, 11) is 1.65. The predicted molar refractivity (Wildman–Crippen MR) is 125 cm³/mol. The molecule has 2 heterocycles. The first-order valence-electron chi connectivity index (χ1n) is 11.3. The molecule has 0 saturated carbocycles. The number of hydrogen-bond acceptors (Lipinski definition) is 5. The van der Waals surface area contributed by atoms with E-state index >= 15 is 0 Å². The molecule has 2 saturated heterocycles. The average molecular weight is 451 g/mol. The molecule has 8 nitrogen and oxygen atoms in total. The number of piperidine rings is 1. The highest BCUT2D eigenvalue weighted by molar-refractivity contribution is 6.09. The number of methoxy groups -OCH3 is 1. The highest BCUT2D eigenvalue weighted by atomic mass is 16.5. The number of rotatable bonds is 7. The summed E-state index contributed by atoms with van der Waals surface area (Å²) in [5.74, 6) is 0.118. The number of ether oxygens (including phenoxy) is 1. The van der Waals surface area contributed by atoms with Crippen LogP contribution >= 0.6 is 0 Å². The van der Waals surface area contributed by atoms with E-state index in [1.165, 1.54) is 0 Å². The van der Waals surface area contributed by atoms with Gasteiger partial charge in [0.1, 0.15) is 17.8 Å². The Labute approximate surface area is 193 Å². The van der Waals surface area contributed by atoms with Crippen LogP contribution in [0.2, 0.25) is 0 Å². The lowest BCUT2D eigenvalue weighted by atomic mass is 9.87. The molecular formula is C25H30N4O4. The van der Waals surface area contributed by atoms with Crippen molar-refractivity contribution in [3.05, 3.63) is 60.2 Å². The van der Waals surface area contributed by atoms with E-state index in [1.807, 2.05) is 61.5 Å². The number of amides is 4. The van der Waals surface area contributed by atoms with Gasteiger partial charge in [0.15, 0.2) is 0 Å². The van der Waals surface area contributed by atoms with Gasteiger partial charge in [-0.25, -0.2) is 4.79 Å². The molecule has 1 atom stereocenters. The number of carbonyl (C=O) groups is 3. The van der Waals surface area contributed by atoms with Crippen molar-refractivity contribution in [3.8, 4) is 5.75 Å². The standard InChI is InChI=1S/C25H30N4O4/c1-3-25(18-7-5-4-6-8-18)23(31)29(24(32)27-25)17-22(30)26-19-13-15-28(16-14-19)20-9-11-21(33-2)12-10-20/h4-12,19H,3,13-17H2,1-2H3,(H,26,30)(H,27,32). The Kier molecular flexibility index (Phi) is 6.53. The van der Waals surface area contributed by atoms with Gasteiger partial charge in [0.05, 0.1) is 7.11 Å². The van der Waals surface area contributed by atoms with Crippen LogP contribution in [0.25, 0.3) is 0 Å². The predicted octanol–water partition coefficient (Wildman–Crippen LogP) is 2.64. The molecule has 2 aromatic rings. The van der Waals surface area contributed by atoms with Gasteiger partial charge >= 0.3 is 6.03 Å². The van der Waals surface area contributed by atoms with Crippen LogP contribution < -0.4 is 20.3 Å². The Hall–Kier alpha value is -3.55. The molecular weight excluding hydrogens is 420 g/mol. The largest absolute Gasteiger partial charge is 0.497 e. The Bertz CT molecular complexity index is 1000. The van der Waals surface area contributed by atoms with Crippen molar-refractivity contribution >= 4 is 23.5 Å². The second kappa shape index (κ2) is 9.52. The zero-order chi connectivity index (χ0) is 23.4. The Morgan fingerprint density at radius 3 is 2.36 bits per heavy atom. The first-order chi connectivity index (χ1) is 16.0. The number of carbonyl (C=O) groups excluding carboxylic acids is 3. The highest BCUT2D eigenvalue weighted by Crippen LogP contribution is 2.32. The SMILES string of the molecule is CCC1(c2ccccc2)NC(=O)N(CC(=O)NC2CCN(c3ccc(OC)cc3)CC2)C1=O. The zero-order valence-corrected chi connectivity index (χ0v) is 19.0. The van der Waals surface area contributed by atoms with E-state index in [1.54, 1.807) is 7.11 Å². The second-order valence-electron chi connectivity index (χ2n) is 8.47. The number of benzene rings is 2. The third-order valence-electron chi connectivity index (χ3n) is 6.57. The lowest BCUT2D eigenvalue weighted by Crippen LogP contribution is -2.49. The van der Waals surface area contributed by atoms with Crippen LogP contribution in [0, 0.1) is 0 Å². The third-order valence-corrected chi connectivity index (χ3v) is 6.57. The molecule has 1 unspecified atom stereocenters. The van der Waals surface area contributed by atoms with E-state index in [0.29, 0.717) is 6.42 Å². The molecule has 0 aliphatic carbocycles. The lowest BCUT2D eigenvalue weighted by molar-refractivity contribution is -0.135. The maximum absolute atomic E-state index is 13.2. The number of nitrogens with zero attached hydrogens (tertiary/aromatic N) is 2. The van der Waals surface area contributed by atoms with E-state index in [0.717, 1.165) is 47.8 Å². The minimum absolute atomic E-state index is 0.0119. The van der Waals surface area contributed by atoms with Crippen LogP contribution in [0.4, 0.5) is 10.5 Å². The molecule has 0 aromatic heterocycles. The van der Waals surface area contributed by atoms with Gasteiger partial charge in [-0.15, -0.1) is 0 Å². The van der Waals surface area contributed by atoms with Crippen molar-refractivity contribution in [2.24, 2.45) is 0 Å². The monoisotopic (exact) mass is 450 g/mol. The fourth-order valence-electron chi connectivity index (χ4n) is 4.62. The summed E-state index contributed by atoms with van der Waals surface area (Å²) in [6.45, 7) is 3.20. The number of urea groups is 1. The zero-order valence-electron chi connectivity index (χ0n) is 19.0. The fourth-order valence-corrected chi connectivity index (χ4v) is 4.62. The van der Waals surface area contributed by atoms with Gasteiger partial charge in [-0.05, 0) is 49.1 Å². The highest BCUT2D eigenvalue weighted by Gasteiger charge is 2.51. The van der Waals surface area contributed by atoms with Gasteiger partial charge < -0.3 is 20.3 Å². The second-order valence-corrected chi connectivity index (χ2v) is 8.47. The van der Waals surface area contributed by atoms with Gasteiger partial charge in [-0.2, -0.15) is 0 Å². The summed E-state index contributed by atoms with van der Waals surface area (Å²) in [5.41, 5.74) is 0.721. The molecule has 2 aliphatic rings. The summed E-state index contributed by atoms with van der Waals surface area (Å²) in [4.78, 5) is 41.8. The molecule has 2 aliphatic heterocycles. The molecule has 4 rings (SSSR count). The Morgan fingerprint density at radius 2 is 1.76 bits per heavy atom. The normalized spacial score (nSPS) is 21.2. The van der Waals surface area contributed by atoms with Crippen molar-refractivity contribution in [1.82, 2.24) is 15.5 Å². The van der Waals surface area contributed by atoms with Crippen molar-refractivity contribution in [2.45, 2.75) is 37.8 Å². The molecule has 0 bridgehead atoms. The van der Waals surface area contributed by atoms with Crippen molar-refractivity contribution in [1.29, 1.82) is 0 Å². The summed E-state index contributed by atoms with van der Waals surface area (Å²) in [5, 5.41) is 5.82. The van der Waals surface area contributed by atoms with Crippen LogP contribution in [0.1, 0.15) is 31.7 Å². The number of hydrogen-bond donors (Lipinski definition) is 2. The van der Waals surface area contributed by atoms with Crippen molar-refractivity contribution < 1.29 is 19.1 Å². The van der Waals surface area contributed by atoms with Crippen LogP contribution in [0.5, 0.6) is 5.75 Å². The summed E-state index contributed by atoms with van der Waals surface area (Å²) < 4.78 is 5.21. The van der Waals surface area contributed by atoms with E-state index in [-0.39, 0.29) is 24.4 Å². The summed E-state index contributed by atoms with van der Waals surface area (Å²) in [6.07, 6.45) is 1.99.